The van der Waals surface area contributed by atoms with Gasteiger partial charge in [-0.3, -0.25) is 4.79 Å². The van der Waals surface area contributed by atoms with Crippen molar-refractivity contribution >= 4 is 41.2 Å². The Morgan fingerprint density at radius 2 is 1.90 bits per heavy atom. The highest BCUT2D eigenvalue weighted by Crippen LogP contribution is 2.22. The SMILES string of the molecule is O=C1OC(=O)N(C(=O)C(Cl)Cl)C1Cc1ccc(F)cc1. The Hall–Kier alpha value is -1.66. The number of nitrogens with zero attached hydrogens (tertiary/aromatic N) is 1. The van der Waals surface area contributed by atoms with E-state index < -0.39 is 34.7 Å². The van der Waals surface area contributed by atoms with Crippen LogP contribution in [0.5, 0.6) is 0 Å². The quantitative estimate of drug-likeness (QED) is 0.486. The summed E-state index contributed by atoms with van der Waals surface area (Å²) in [7, 11) is 0. The molecule has 0 N–H and O–H groups in total. The number of rotatable bonds is 3. The number of carbonyl (C=O) groups excluding carboxylic acids is 3. The van der Waals surface area contributed by atoms with Crippen molar-refractivity contribution in [2.24, 2.45) is 0 Å². The average Bonchev–Trinajstić information content (AvgIpc) is 2.66. The zero-order valence-corrected chi connectivity index (χ0v) is 11.4. The number of hydrogen-bond acceptors (Lipinski definition) is 4. The van der Waals surface area contributed by atoms with Crippen LogP contribution in [-0.4, -0.2) is 33.7 Å². The third-order valence-electron chi connectivity index (χ3n) is 2.73. The van der Waals surface area contributed by atoms with Gasteiger partial charge in [0.1, 0.15) is 11.9 Å². The van der Waals surface area contributed by atoms with E-state index in [0.29, 0.717) is 10.5 Å². The Kier molecular flexibility index (Phi) is 4.25. The lowest BCUT2D eigenvalue weighted by Gasteiger charge is -2.18. The number of benzene rings is 1. The molecule has 1 atom stereocenters. The van der Waals surface area contributed by atoms with Gasteiger partial charge in [-0.15, -0.1) is 0 Å². The maximum Gasteiger partial charge on any atom is 0.425 e. The average molecular weight is 320 g/mol. The standard InChI is InChI=1S/C12H8Cl2FNO4/c13-9(14)10(17)16-8(11(18)20-12(16)19)5-6-1-3-7(15)4-2-6/h1-4,8-9H,5H2. The summed E-state index contributed by atoms with van der Waals surface area (Å²) >= 11 is 10.8. The second-order valence-corrected chi connectivity index (χ2v) is 5.14. The van der Waals surface area contributed by atoms with Gasteiger partial charge in [0, 0.05) is 6.42 Å². The van der Waals surface area contributed by atoms with Crippen molar-refractivity contribution in [3.8, 4) is 0 Å². The molecular weight excluding hydrogens is 312 g/mol. The van der Waals surface area contributed by atoms with Crippen LogP contribution in [-0.2, 0) is 20.7 Å². The molecule has 8 heteroatoms. The van der Waals surface area contributed by atoms with Gasteiger partial charge in [-0.2, -0.15) is 0 Å². The van der Waals surface area contributed by atoms with Gasteiger partial charge in [-0.05, 0) is 17.7 Å². The highest BCUT2D eigenvalue weighted by molar-refractivity contribution is 6.54. The minimum absolute atomic E-state index is 0.00289. The summed E-state index contributed by atoms with van der Waals surface area (Å²) in [5, 5.41) is 0. The number of ether oxygens (including phenoxy) is 1. The number of esters is 1. The zero-order chi connectivity index (χ0) is 14.9. The molecule has 1 aromatic rings. The van der Waals surface area contributed by atoms with Crippen molar-refractivity contribution in [3.05, 3.63) is 35.6 Å². The number of hydrogen-bond donors (Lipinski definition) is 0. The van der Waals surface area contributed by atoms with E-state index in [9.17, 15) is 18.8 Å². The predicted molar refractivity (Wildman–Crippen MR) is 67.7 cm³/mol. The molecular formula is C12H8Cl2FNO4. The molecule has 0 aromatic heterocycles. The van der Waals surface area contributed by atoms with E-state index in [-0.39, 0.29) is 6.42 Å². The number of amides is 2. The molecule has 1 aliphatic heterocycles. The van der Waals surface area contributed by atoms with E-state index in [4.69, 9.17) is 23.2 Å². The molecule has 106 valence electrons. The molecule has 20 heavy (non-hydrogen) atoms. The van der Waals surface area contributed by atoms with Gasteiger partial charge in [0.05, 0.1) is 0 Å². The maximum absolute atomic E-state index is 12.8. The molecule has 1 fully saturated rings. The third kappa shape index (κ3) is 2.91. The predicted octanol–water partition coefficient (Wildman–Crippen LogP) is 2.05. The van der Waals surface area contributed by atoms with E-state index in [1.54, 1.807) is 0 Å². The highest BCUT2D eigenvalue weighted by Gasteiger charge is 2.46. The monoisotopic (exact) mass is 319 g/mol. The van der Waals surface area contributed by atoms with E-state index >= 15 is 0 Å². The minimum Gasteiger partial charge on any atom is -0.374 e. The third-order valence-corrected chi connectivity index (χ3v) is 3.11. The van der Waals surface area contributed by atoms with Crippen LogP contribution in [0.2, 0.25) is 0 Å². The molecule has 0 radical (unpaired) electrons. The molecule has 0 bridgehead atoms. The molecule has 1 unspecified atom stereocenters. The Balaban J connectivity index is 2.23. The first-order chi connectivity index (χ1) is 9.40. The summed E-state index contributed by atoms with van der Waals surface area (Å²) in [5.74, 6) is -2.24. The fourth-order valence-electron chi connectivity index (χ4n) is 1.80. The summed E-state index contributed by atoms with van der Waals surface area (Å²) in [6.07, 6.45) is -1.12. The van der Waals surface area contributed by atoms with Crippen LogP contribution in [0, 0.1) is 5.82 Å². The molecule has 1 aliphatic rings. The zero-order valence-electron chi connectivity index (χ0n) is 9.89. The maximum atomic E-state index is 12.8. The van der Waals surface area contributed by atoms with Crippen molar-refractivity contribution in [1.82, 2.24) is 4.90 Å². The molecule has 2 rings (SSSR count). The van der Waals surface area contributed by atoms with E-state index in [0.717, 1.165) is 0 Å². The lowest BCUT2D eigenvalue weighted by molar-refractivity contribution is -0.138. The lowest BCUT2D eigenvalue weighted by atomic mass is 10.1. The summed E-state index contributed by atoms with van der Waals surface area (Å²) in [6, 6.07) is 4.13. The van der Waals surface area contributed by atoms with Crippen LogP contribution in [0.3, 0.4) is 0 Å². The fourth-order valence-corrected chi connectivity index (χ4v) is 2.01. The van der Waals surface area contributed by atoms with Gasteiger partial charge >= 0.3 is 12.1 Å². The van der Waals surface area contributed by atoms with Gasteiger partial charge in [0.2, 0.25) is 0 Å². The summed E-state index contributed by atoms with van der Waals surface area (Å²) < 4.78 is 17.2. The van der Waals surface area contributed by atoms with Crippen molar-refractivity contribution < 1.29 is 23.5 Å². The van der Waals surface area contributed by atoms with E-state index in [2.05, 4.69) is 4.74 Å². The molecule has 0 aliphatic carbocycles. The second-order valence-electron chi connectivity index (χ2n) is 4.04. The van der Waals surface area contributed by atoms with Gasteiger partial charge in [-0.25, -0.2) is 18.9 Å². The van der Waals surface area contributed by atoms with Crippen molar-refractivity contribution in [3.63, 3.8) is 0 Å². The normalized spacial score (nSPS) is 18.6. The number of halogens is 3. The second kappa shape index (κ2) is 5.76. The number of cyclic esters (lactones) is 2. The van der Waals surface area contributed by atoms with Crippen LogP contribution >= 0.6 is 23.2 Å². The number of alkyl halides is 2. The molecule has 1 aromatic carbocycles. The van der Waals surface area contributed by atoms with Crippen molar-refractivity contribution in [2.45, 2.75) is 17.3 Å². The summed E-state index contributed by atoms with van der Waals surface area (Å²) in [5.41, 5.74) is 0.557. The largest absolute Gasteiger partial charge is 0.425 e. The van der Waals surface area contributed by atoms with Crippen LogP contribution in [0.25, 0.3) is 0 Å². The molecule has 0 spiro atoms. The Morgan fingerprint density at radius 3 is 2.45 bits per heavy atom. The number of carbonyl (C=O) groups is 3. The Bertz CT molecular complexity index is 561. The van der Waals surface area contributed by atoms with E-state index in [1.807, 2.05) is 0 Å². The van der Waals surface area contributed by atoms with Crippen molar-refractivity contribution in [1.29, 1.82) is 0 Å². The molecule has 1 saturated heterocycles. The smallest absolute Gasteiger partial charge is 0.374 e. The summed E-state index contributed by atoms with van der Waals surface area (Å²) in [6.45, 7) is 0. The summed E-state index contributed by atoms with van der Waals surface area (Å²) in [4.78, 5) is 33.9. The van der Waals surface area contributed by atoms with E-state index in [1.165, 1.54) is 24.3 Å². The van der Waals surface area contributed by atoms with Gasteiger partial charge in [0.25, 0.3) is 5.91 Å². The van der Waals surface area contributed by atoms with Crippen LogP contribution in [0.15, 0.2) is 24.3 Å². The van der Waals surface area contributed by atoms with Crippen molar-refractivity contribution in [2.75, 3.05) is 0 Å². The Morgan fingerprint density at radius 1 is 1.30 bits per heavy atom. The fraction of sp³-hybridized carbons (Fsp3) is 0.250. The number of imide groups is 1. The Labute approximate surface area is 123 Å². The first kappa shape index (κ1) is 14.7. The van der Waals surface area contributed by atoms with Gasteiger partial charge < -0.3 is 4.74 Å². The van der Waals surface area contributed by atoms with Crippen LogP contribution in [0.1, 0.15) is 5.56 Å². The molecule has 1 heterocycles. The first-order valence-electron chi connectivity index (χ1n) is 5.51. The van der Waals surface area contributed by atoms with Crippen LogP contribution in [0.4, 0.5) is 9.18 Å². The highest BCUT2D eigenvalue weighted by atomic mass is 35.5. The first-order valence-corrected chi connectivity index (χ1v) is 6.38. The lowest BCUT2D eigenvalue weighted by Crippen LogP contribution is -2.43. The topological polar surface area (TPSA) is 63.7 Å². The van der Waals surface area contributed by atoms with Gasteiger partial charge in [-0.1, -0.05) is 35.3 Å². The van der Waals surface area contributed by atoms with Crippen LogP contribution < -0.4 is 0 Å². The molecule has 5 nitrogen and oxygen atoms in total. The van der Waals surface area contributed by atoms with Gasteiger partial charge in [0.15, 0.2) is 4.84 Å². The molecule has 2 amide bonds. The molecule has 0 saturated carbocycles. The minimum atomic E-state index is -1.48.